The molecule has 2 aromatic carbocycles. The van der Waals surface area contributed by atoms with E-state index in [0.717, 1.165) is 6.42 Å². The maximum absolute atomic E-state index is 12.8. The van der Waals surface area contributed by atoms with Crippen molar-refractivity contribution in [2.45, 2.75) is 6.42 Å². The zero-order chi connectivity index (χ0) is 18.6. The number of benzene rings is 2. The minimum Gasteiger partial charge on any atom is -0.490 e. The molecule has 1 saturated heterocycles. The van der Waals surface area contributed by atoms with Crippen LogP contribution in [0.1, 0.15) is 27.1 Å². The fraction of sp³-hybridized carbons (Fsp3) is 0.333. The Morgan fingerprint density at radius 2 is 1.30 bits per heavy atom. The van der Waals surface area contributed by atoms with E-state index in [4.69, 9.17) is 9.47 Å². The van der Waals surface area contributed by atoms with Gasteiger partial charge in [0, 0.05) is 43.7 Å². The van der Waals surface area contributed by atoms with Gasteiger partial charge >= 0.3 is 0 Å². The monoisotopic (exact) mass is 366 g/mol. The number of amides is 2. The van der Waals surface area contributed by atoms with Gasteiger partial charge in [-0.2, -0.15) is 0 Å². The van der Waals surface area contributed by atoms with Crippen LogP contribution >= 0.6 is 0 Å². The van der Waals surface area contributed by atoms with Crippen LogP contribution in [0.5, 0.6) is 11.5 Å². The van der Waals surface area contributed by atoms with E-state index in [-0.39, 0.29) is 11.8 Å². The van der Waals surface area contributed by atoms with Gasteiger partial charge in [-0.25, -0.2) is 0 Å². The molecule has 0 aliphatic carbocycles. The fourth-order valence-electron chi connectivity index (χ4n) is 3.35. The Balaban J connectivity index is 1.40. The molecule has 2 aromatic rings. The summed E-state index contributed by atoms with van der Waals surface area (Å²) in [6.45, 7) is 3.31. The molecule has 27 heavy (non-hydrogen) atoms. The van der Waals surface area contributed by atoms with Gasteiger partial charge in [0.05, 0.1) is 13.2 Å². The summed E-state index contributed by atoms with van der Waals surface area (Å²) in [6.07, 6.45) is 0.829. The molecule has 0 atom stereocenters. The summed E-state index contributed by atoms with van der Waals surface area (Å²) < 4.78 is 11.3. The van der Waals surface area contributed by atoms with Gasteiger partial charge in [0.1, 0.15) is 0 Å². The molecular weight excluding hydrogens is 344 g/mol. The van der Waals surface area contributed by atoms with Crippen LogP contribution in [0.25, 0.3) is 0 Å². The van der Waals surface area contributed by atoms with Crippen molar-refractivity contribution in [3.05, 3.63) is 59.7 Å². The third-order valence-corrected chi connectivity index (χ3v) is 4.87. The highest BCUT2D eigenvalue weighted by molar-refractivity contribution is 5.96. The Hall–Kier alpha value is -3.02. The average molecular weight is 366 g/mol. The number of carbonyl (C=O) groups is 2. The summed E-state index contributed by atoms with van der Waals surface area (Å²) in [5, 5.41) is 0. The van der Waals surface area contributed by atoms with E-state index in [9.17, 15) is 9.59 Å². The van der Waals surface area contributed by atoms with Crippen LogP contribution in [-0.4, -0.2) is 61.0 Å². The van der Waals surface area contributed by atoms with Crippen LogP contribution in [-0.2, 0) is 0 Å². The van der Waals surface area contributed by atoms with Crippen molar-refractivity contribution in [3.8, 4) is 11.5 Å². The van der Waals surface area contributed by atoms with E-state index in [1.54, 1.807) is 28.0 Å². The summed E-state index contributed by atoms with van der Waals surface area (Å²) in [4.78, 5) is 29.0. The van der Waals surface area contributed by atoms with Crippen molar-refractivity contribution < 1.29 is 19.1 Å². The Morgan fingerprint density at radius 3 is 1.96 bits per heavy atom. The van der Waals surface area contributed by atoms with E-state index < -0.39 is 0 Å². The van der Waals surface area contributed by atoms with E-state index in [1.807, 2.05) is 30.3 Å². The number of ether oxygens (including phenoxy) is 2. The second-order valence-corrected chi connectivity index (χ2v) is 6.66. The van der Waals surface area contributed by atoms with Crippen molar-refractivity contribution in [2.24, 2.45) is 0 Å². The smallest absolute Gasteiger partial charge is 0.254 e. The normalized spacial score (nSPS) is 16.6. The molecule has 2 heterocycles. The minimum atomic E-state index is -0.0440. The topological polar surface area (TPSA) is 59.1 Å². The fourth-order valence-corrected chi connectivity index (χ4v) is 3.35. The Labute approximate surface area is 158 Å². The third kappa shape index (κ3) is 3.74. The van der Waals surface area contributed by atoms with Gasteiger partial charge in [-0.1, -0.05) is 18.2 Å². The summed E-state index contributed by atoms with van der Waals surface area (Å²) in [5.74, 6) is 1.27. The van der Waals surface area contributed by atoms with Crippen molar-refractivity contribution >= 4 is 11.8 Å². The lowest BCUT2D eigenvalue weighted by Gasteiger charge is -2.35. The number of piperazine rings is 1. The molecule has 0 spiro atoms. The molecule has 2 aliphatic heterocycles. The van der Waals surface area contributed by atoms with E-state index in [0.29, 0.717) is 62.0 Å². The maximum Gasteiger partial charge on any atom is 0.254 e. The van der Waals surface area contributed by atoms with Crippen LogP contribution in [0.15, 0.2) is 48.5 Å². The molecule has 0 N–H and O–H groups in total. The molecule has 6 heteroatoms. The van der Waals surface area contributed by atoms with E-state index in [2.05, 4.69) is 0 Å². The Bertz CT molecular complexity index is 829. The lowest BCUT2D eigenvalue weighted by atomic mass is 10.1. The Morgan fingerprint density at radius 1 is 0.704 bits per heavy atom. The highest BCUT2D eigenvalue weighted by Crippen LogP contribution is 2.31. The van der Waals surface area contributed by atoms with Crippen molar-refractivity contribution in [2.75, 3.05) is 39.4 Å². The number of hydrogen-bond donors (Lipinski definition) is 0. The molecular formula is C21H22N2O4. The SMILES string of the molecule is O=C(c1ccccc1)N1CCN(C(=O)c2ccc3c(c2)OCCCO3)CC1. The molecule has 0 saturated carbocycles. The maximum atomic E-state index is 12.8. The second-order valence-electron chi connectivity index (χ2n) is 6.66. The molecule has 2 aliphatic rings. The van der Waals surface area contributed by atoms with Crippen molar-refractivity contribution in [3.63, 3.8) is 0 Å². The van der Waals surface area contributed by atoms with E-state index in [1.165, 1.54) is 0 Å². The van der Waals surface area contributed by atoms with Gasteiger partial charge in [-0.15, -0.1) is 0 Å². The van der Waals surface area contributed by atoms with Crippen molar-refractivity contribution in [1.29, 1.82) is 0 Å². The molecule has 0 aromatic heterocycles. The predicted octanol–water partition coefficient (Wildman–Crippen LogP) is 2.45. The minimum absolute atomic E-state index is 0.0123. The van der Waals surface area contributed by atoms with Crippen LogP contribution in [0.4, 0.5) is 0 Å². The summed E-state index contributed by atoms with van der Waals surface area (Å²) in [7, 11) is 0. The first kappa shape index (κ1) is 17.4. The standard InChI is InChI=1S/C21H22N2O4/c24-20(16-5-2-1-3-6-16)22-9-11-23(12-10-22)21(25)17-7-8-18-19(15-17)27-14-4-13-26-18/h1-3,5-8,15H,4,9-14H2. The molecule has 4 rings (SSSR count). The first-order chi connectivity index (χ1) is 13.2. The lowest BCUT2D eigenvalue weighted by molar-refractivity contribution is 0.0535. The molecule has 0 unspecified atom stereocenters. The van der Waals surface area contributed by atoms with Gasteiger partial charge in [-0.3, -0.25) is 9.59 Å². The number of carbonyl (C=O) groups excluding carboxylic acids is 2. The van der Waals surface area contributed by atoms with E-state index >= 15 is 0 Å². The van der Waals surface area contributed by atoms with Crippen LogP contribution in [0.2, 0.25) is 0 Å². The van der Waals surface area contributed by atoms with Gasteiger partial charge < -0.3 is 19.3 Å². The first-order valence-corrected chi connectivity index (χ1v) is 9.25. The number of hydrogen-bond acceptors (Lipinski definition) is 4. The summed E-state index contributed by atoms with van der Waals surface area (Å²) in [6, 6.07) is 14.6. The quantitative estimate of drug-likeness (QED) is 0.819. The first-order valence-electron chi connectivity index (χ1n) is 9.25. The third-order valence-electron chi connectivity index (χ3n) is 4.87. The zero-order valence-corrected chi connectivity index (χ0v) is 15.1. The predicted molar refractivity (Wildman–Crippen MR) is 100 cm³/mol. The molecule has 0 bridgehead atoms. The molecule has 2 amide bonds. The van der Waals surface area contributed by atoms with Crippen molar-refractivity contribution in [1.82, 2.24) is 9.80 Å². The number of fused-ring (bicyclic) bond motifs is 1. The van der Waals surface area contributed by atoms with Gasteiger partial charge in [0.25, 0.3) is 11.8 Å². The molecule has 140 valence electrons. The number of nitrogens with zero attached hydrogens (tertiary/aromatic N) is 2. The van der Waals surface area contributed by atoms with Crippen LogP contribution in [0, 0.1) is 0 Å². The molecule has 6 nitrogen and oxygen atoms in total. The highest BCUT2D eigenvalue weighted by Gasteiger charge is 2.26. The second kappa shape index (κ2) is 7.70. The summed E-state index contributed by atoms with van der Waals surface area (Å²) in [5.41, 5.74) is 1.27. The van der Waals surface area contributed by atoms with Gasteiger partial charge in [-0.05, 0) is 30.3 Å². The lowest BCUT2D eigenvalue weighted by Crippen LogP contribution is -2.50. The number of rotatable bonds is 2. The largest absolute Gasteiger partial charge is 0.490 e. The van der Waals surface area contributed by atoms with Crippen LogP contribution in [0.3, 0.4) is 0 Å². The zero-order valence-electron chi connectivity index (χ0n) is 15.1. The van der Waals surface area contributed by atoms with Gasteiger partial charge in [0.15, 0.2) is 11.5 Å². The average Bonchev–Trinajstić information content (AvgIpc) is 2.98. The van der Waals surface area contributed by atoms with Gasteiger partial charge in [0.2, 0.25) is 0 Å². The van der Waals surface area contributed by atoms with Crippen LogP contribution < -0.4 is 9.47 Å². The molecule has 0 radical (unpaired) electrons. The highest BCUT2D eigenvalue weighted by atomic mass is 16.5. The Kier molecular flexibility index (Phi) is 4.96. The molecule has 1 fully saturated rings. The summed E-state index contributed by atoms with van der Waals surface area (Å²) >= 11 is 0.